The third-order valence-electron chi connectivity index (χ3n) is 2.65. The van der Waals surface area contributed by atoms with Crippen molar-refractivity contribution < 1.29 is 4.42 Å². The SMILES string of the molecule is CCCNC(c1ccoc1Br)c1sc(C)cc1Br. The van der Waals surface area contributed by atoms with Crippen molar-refractivity contribution in [1.82, 2.24) is 5.32 Å². The molecule has 98 valence electrons. The van der Waals surface area contributed by atoms with Crippen LogP contribution < -0.4 is 5.32 Å². The van der Waals surface area contributed by atoms with E-state index in [1.807, 2.05) is 17.4 Å². The molecule has 2 nitrogen and oxygen atoms in total. The number of aryl methyl sites for hydroxylation is 1. The third-order valence-corrected chi connectivity index (χ3v) is 5.33. The van der Waals surface area contributed by atoms with E-state index in [1.54, 1.807) is 6.26 Å². The largest absolute Gasteiger partial charge is 0.457 e. The molecule has 0 aliphatic carbocycles. The highest BCUT2D eigenvalue weighted by Crippen LogP contribution is 2.38. The van der Waals surface area contributed by atoms with Crippen molar-refractivity contribution in [3.8, 4) is 0 Å². The highest BCUT2D eigenvalue weighted by Gasteiger charge is 2.22. The molecule has 0 fully saturated rings. The number of rotatable bonds is 5. The number of nitrogens with one attached hydrogen (secondary N) is 1. The average molecular weight is 393 g/mol. The first-order valence-electron chi connectivity index (χ1n) is 5.85. The second-order valence-corrected chi connectivity index (χ2v) is 6.97. The zero-order valence-corrected chi connectivity index (χ0v) is 14.3. The molecular formula is C13H15Br2NOS. The fourth-order valence-electron chi connectivity index (χ4n) is 1.84. The van der Waals surface area contributed by atoms with Crippen molar-refractivity contribution >= 4 is 43.2 Å². The van der Waals surface area contributed by atoms with Gasteiger partial charge in [-0.15, -0.1) is 11.3 Å². The van der Waals surface area contributed by atoms with E-state index in [9.17, 15) is 0 Å². The van der Waals surface area contributed by atoms with Crippen LogP contribution in [0.25, 0.3) is 0 Å². The van der Waals surface area contributed by atoms with E-state index >= 15 is 0 Å². The lowest BCUT2D eigenvalue weighted by Gasteiger charge is -2.17. The minimum absolute atomic E-state index is 0.172. The van der Waals surface area contributed by atoms with Gasteiger partial charge in [0.1, 0.15) is 0 Å². The lowest BCUT2D eigenvalue weighted by molar-refractivity contribution is 0.524. The predicted molar refractivity (Wildman–Crippen MR) is 83.3 cm³/mol. The highest BCUT2D eigenvalue weighted by atomic mass is 79.9. The first kappa shape index (κ1) is 14.3. The number of hydrogen-bond donors (Lipinski definition) is 1. The summed E-state index contributed by atoms with van der Waals surface area (Å²) in [6.07, 6.45) is 2.82. The molecule has 0 saturated carbocycles. The first-order chi connectivity index (χ1) is 8.63. The Morgan fingerprint density at radius 1 is 1.44 bits per heavy atom. The molecule has 0 saturated heterocycles. The van der Waals surface area contributed by atoms with Gasteiger partial charge < -0.3 is 9.73 Å². The Morgan fingerprint density at radius 3 is 2.72 bits per heavy atom. The van der Waals surface area contributed by atoms with Crippen molar-refractivity contribution in [3.63, 3.8) is 0 Å². The van der Waals surface area contributed by atoms with Gasteiger partial charge in [0.2, 0.25) is 0 Å². The molecule has 0 aliphatic rings. The Hall–Kier alpha value is -0.100. The molecule has 1 atom stereocenters. The lowest BCUT2D eigenvalue weighted by Crippen LogP contribution is -2.22. The fourth-order valence-corrected chi connectivity index (χ4v) is 4.28. The molecule has 0 spiro atoms. The van der Waals surface area contributed by atoms with Crippen molar-refractivity contribution in [2.75, 3.05) is 6.54 Å². The van der Waals surface area contributed by atoms with Crippen LogP contribution in [0.4, 0.5) is 0 Å². The molecule has 0 amide bonds. The summed E-state index contributed by atoms with van der Waals surface area (Å²) in [4.78, 5) is 2.60. The second-order valence-electron chi connectivity index (χ2n) is 4.11. The van der Waals surface area contributed by atoms with Crippen LogP contribution in [0.5, 0.6) is 0 Å². The van der Waals surface area contributed by atoms with E-state index in [-0.39, 0.29) is 6.04 Å². The minimum atomic E-state index is 0.172. The molecule has 2 heterocycles. The quantitative estimate of drug-likeness (QED) is 0.750. The summed E-state index contributed by atoms with van der Waals surface area (Å²) in [5.74, 6) is 0. The standard InChI is InChI=1S/C13H15Br2NOS/c1-3-5-16-11(9-4-6-17-13(9)15)12-10(14)7-8(2)18-12/h4,6-7,11,16H,3,5H2,1-2H3. The maximum atomic E-state index is 5.36. The van der Waals surface area contributed by atoms with Crippen LogP contribution in [0.15, 0.2) is 32.0 Å². The summed E-state index contributed by atoms with van der Waals surface area (Å²) in [5.41, 5.74) is 1.14. The number of thiophene rings is 1. The van der Waals surface area contributed by atoms with E-state index in [0.717, 1.165) is 27.7 Å². The number of furan rings is 1. The lowest BCUT2D eigenvalue weighted by atomic mass is 10.1. The Kier molecular flexibility index (Phi) is 5.06. The Morgan fingerprint density at radius 2 is 2.22 bits per heavy atom. The molecule has 18 heavy (non-hydrogen) atoms. The van der Waals surface area contributed by atoms with E-state index < -0.39 is 0 Å². The Bertz CT molecular complexity index is 521. The van der Waals surface area contributed by atoms with Crippen molar-refractivity contribution in [1.29, 1.82) is 0 Å². The zero-order chi connectivity index (χ0) is 13.1. The number of halogens is 2. The molecule has 2 rings (SSSR count). The van der Waals surface area contributed by atoms with Crippen LogP contribution in [-0.2, 0) is 0 Å². The third kappa shape index (κ3) is 3.07. The fraction of sp³-hybridized carbons (Fsp3) is 0.385. The molecular weight excluding hydrogens is 378 g/mol. The topological polar surface area (TPSA) is 25.2 Å². The van der Waals surface area contributed by atoms with Gasteiger partial charge in [-0.1, -0.05) is 6.92 Å². The molecule has 0 radical (unpaired) electrons. The zero-order valence-electron chi connectivity index (χ0n) is 10.3. The molecule has 0 aromatic carbocycles. The summed E-state index contributed by atoms with van der Waals surface area (Å²) in [7, 11) is 0. The van der Waals surface area contributed by atoms with Crippen molar-refractivity contribution in [3.05, 3.63) is 42.9 Å². The van der Waals surface area contributed by atoms with Crippen molar-refractivity contribution in [2.24, 2.45) is 0 Å². The van der Waals surface area contributed by atoms with Crippen LogP contribution in [-0.4, -0.2) is 6.54 Å². The van der Waals surface area contributed by atoms with Gasteiger partial charge in [0.25, 0.3) is 0 Å². The van der Waals surface area contributed by atoms with Crippen LogP contribution in [0.1, 0.15) is 34.7 Å². The van der Waals surface area contributed by atoms with Crippen LogP contribution in [0.3, 0.4) is 0 Å². The van der Waals surface area contributed by atoms with E-state index in [2.05, 4.69) is 57.1 Å². The minimum Gasteiger partial charge on any atom is -0.457 e. The molecule has 5 heteroatoms. The smallest absolute Gasteiger partial charge is 0.174 e. The van der Waals surface area contributed by atoms with Crippen LogP contribution >= 0.6 is 43.2 Å². The molecule has 1 unspecified atom stereocenters. The molecule has 0 aliphatic heterocycles. The Labute approximate surface area is 128 Å². The van der Waals surface area contributed by atoms with E-state index in [1.165, 1.54) is 9.75 Å². The summed E-state index contributed by atoms with van der Waals surface area (Å²) in [5, 5.41) is 3.57. The summed E-state index contributed by atoms with van der Waals surface area (Å²) in [6, 6.07) is 4.35. The average Bonchev–Trinajstić information content (AvgIpc) is 2.87. The first-order valence-corrected chi connectivity index (χ1v) is 8.25. The molecule has 0 bridgehead atoms. The van der Waals surface area contributed by atoms with Gasteiger partial charge in [-0.2, -0.15) is 0 Å². The highest BCUT2D eigenvalue weighted by molar-refractivity contribution is 9.10. The molecule has 2 aromatic heterocycles. The summed E-state index contributed by atoms with van der Waals surface area (Å²) >= 11 is 8.92. The van der Waals surface area contributed by atoms with Gasteiger partial charge in [-0.25, -0.2) is 0 Å². The maximum Gasteiger partial charge on any atom is 0.174 e. The summed E-state index contributed by atoms with van der Waals surface area (Å²) in [6.45, 7) is 5.27. The van der Waals surface area contributed by atoms with Crippen molar-refractivity contribution in [2.45, 2.75) is 26.3 Å². The van der Waals surface area contributed by atoms with Gasteiger partial charge >= 0.3 is 0 Å². The van der Waals surface area contributed by atoms with Gasteiger partial charge in [0.15, 0.2) is 4.67 Å². The van der Waals surface area contributed by atoms with Crippen LogP contribution in [0.2, 0.25) is 0 Å². The van der Waals surface area contributed by atoms with Gasteiger partial charge in [-0.3, -0.25) is 0 Å². The van der Waals surface area contributed by atoms with Crippen LogP contribution in [0, 0.1) is 6.92 Å². The monoisotopic (exact) mass is 391 g/mol. The Balaban J connectivity index is 2.37. The van der Waals surface area contributed by atoms with E-state index in [0.29, 0.717) is 0 Å². The summed E-state index contributed by atoms with van der Waals surface area (Å²) < 4.78 is 7.32. The second kappa shape index (κ2) is 6.37. The van der Waals surface area contributed by atoms with Gasteiger partial charge in [0.05, 0.1) is 12.3 Å². The van der Waals surface area contributed by atoms with Gasteiger partial charge in [-0.05, 0) is 63.9 Å². The molecule has 1 N–H and O–H groups in total. The maximum absolute atomic E-state index is 5.36. The van der Waals surface area contributed by atoms with E-state index in [4.69, 9.17) is 4.42 Å². The molecule has 2 aromatic rings. The number of hydrogen-bond acceptors (Lipinski definition) is 3. The normalized spacial score (nSPS) is 12.9. The van der Waals surface area contributed by atoms with Gasteiger partial charge in [0, 0.05) is 19.8 Å². The predicted octanol–water partition coefficient (Wildman–Crippen LogP) is 5.26.